The lowest BCUT2D eigenvalue weighted by Gasteiger charge is -2.17. The Morgan fingerprint density at radius 1 is 1.38 bits per heavy atom. The number of anilines is 1. The molecule has 0 unspecified atom stereocenters. The molecule has 0 radical (unpaired) electrons. The molecule has 0 saturated heterocycles. The first-order valence-electron chi connectivity index (χ1n) is 7.77. The molecule has 7 heteroatoms. The van der Waals surface area contributed by atoms with Crippen LogP contribution in [0.4, 0.5) is 5.69 Å². The zero-order valence-corrected chi connectivity index (χ0v) is 15.3. The van der Waals surface area contributed by atoms with Crippen LogP contribution < -0.4 is 11.1 Å². The van der Waals surface area contributed by atoms with Crippen molar-refractivity contribution in [2.24, 2.45) is 24.6 Å². The minimum atomic E-state index is 0. The molecule has 2 aromatic rings. The summed E-state index contributed by atoms with van der Waals surface area (Å²) in [7, 11) is 1.96. The second kappa shape index (κ2) is 9.06. The third-order valence-electron chi connectivity index (χ3n) is 4.51. The van der Waals surface area contributed by atoms with Crippen LogP contribution in [0.2, 0.25) is 0 Å². The van der Waals surface area contributed by atoms with Crippen LogP contribution in [-0.4, -0.2) is 22.0 Å². The molecule has 0 aliphatic heterocycles. The number of nitrogens with two attached hydrogens (primary N) is 1. The highest BCUT2D eigenvalue weighted by molar-refractivity contribution is 5.93. The van der Waals surface area contributed by atoms with Gasteiger partial charge in [0.15, 0.2) is 0 Å². The topological polar surface area (TPSA) is 72.9 Å². The van der Waals surface area contributed by atoms with Crippen molar-refractivity contribution in [1.82, 2.24) is 9.55 Å². The Hall–Kier alpha value is -1.56. The molecular weight excluding hydrogens is 347 g/mol. The van der Waals surface area contributed by atoms with Crippen molar-refractivity contribution in [1.29, 1.82) is 0 Å². The average molecular weight is 371 g/mol. The average Bonchev–Trinajstić information content (AvgIpc) is 3.15. The maximum atomic E-state index is 12.5. The summed E-state index contributed by atoms with van der Waals surface area (Å²) in [6.45, 7) is 0.589. The van der Waals surface area contributed by atoms with Crippen LogP contribution in [0.15, 0.2) is 36.7 Å². The van der Waals surface area contributed by atoms with E-state index in [9.17, 15) is 4.79 Å². The predicted molar refractivity (Wildman–Crippen MR) is 102 cm³/mol. The summed E-state index contributed by atoms with van der Waals surface area (Å²) in [5, 5.41) is 3.04. The van der Waals surface area contributed by atoms with E-state index in [1.165, 1.54) is 0 Å². The number of aromatic nitrogens is 2. The molecule has 2 atom stereocenters. The number of halogens is 2. The number of aryl methyl sites for hydroxylation is 1. The van der Waals surface area contributed by atoms with Crippen LogP contribution in [-0.2, 0) is 11.8 Å². The molecule has 1 saturated carbocycles. The Balaban J connectivity index is 0.00000144. The molecule has 1 heterocycles. The molecule has 132 valence electrons. The van der Waals surface area contributed by atoms with E-state index in [2.05, 4.69) is 10.3 Å². The zero-order chi connectivity index (χ0) is 15.5. The van der Waals surface area contributed by atoms with Gasteiger partial charge < -0.3 is 15.6 Å². The number of benzene rings is 1. The largest absolute Gasteiger partial charge is 0.334 e. The summed E-state index contributed by atoms with van der Waals surface area (Å²) in [4.78, 5) is 16.8. The van der Waals surface area contributed by atoms with E-state index in [4.69, 9.17) is 5.73 Å². The fraction of sp³-hybridized carbons (Fsp3) is 0.412. The van der Waals surface area contributed by atoms with Gasteiger partial charge in [0.2, 0.25) is 5.91 Å². The number of rotatable bonds is 4. The molecular formula is C17H24Cl2N4O. The van der Waals surface area contributed by atoms with Gasteiger partial charge in [-0.2, -0.15) is 0 Å². The van der Waals surface area contributed by atoms with Crippen LogP contribution in [0.1, 0.15) is 19.3 Å². The Bertz CT molecular complexity index is 674. The number of carbonyl (C=O) groups excluding carboxylic acids is 1. The zero-order valence-electron chi connectivity index (χ0n) is 13.6. The first kappa shape index (κ1) is 20.5. The van der Waals surface area contributed by atoms with Gasteiger partial charge in [-0.05, 0) is 37.4 Å². The van der Waals surface area contributed by atoms with Gasteiger partial charge in [-0.25, -0.2) is 4.98 Å². The van der Waals surface area contributed by atoms with Crippen molar-refractivity contribution < 1.29 is 4.79 Å². The molecule has 24 heavy (non-hydrogen) atoms. The molecule has 3 N–H and O–H groups in total. The summed E-state index contributed by atoms with van der Waals surface area (Å²) in [5.41, 5.74) is 7.58. The van der Waals surface area contributed by atoms with Crippen molar-refractivity contribution in [2.45, 2.75) is 19.3 Å². The highest BCUT2D eigenvalue weighted by Gasteiger charge is 2.31. The van der Waals surface area contributed by atoms with Crippen LogP contribution in [0, 0.1) is 11.8 Å². The van der Waals surface area contributed by atoms with E-state index in [-0.39, 0.29) is 36.6 Å². The SMILES string of the molecule is Cl.Cl.Cn1ccnc1-c1cccc(NC(=O)[C@@H]2CCC[C@@H]2CN)c1. The van der Waals surface area contributed by atoms with Crippen molar-refractivity contribution in [3.05, 3.63) is 36.7 Å². The molecule has 5 nitrogen and oxygen atoms in total. The third kappa shape index (κ3) is 4.29. The van der Waals surface area contributed by atoms with E-state index in [1.807, 2.05) is 42.1 Å². The molecule has 1 aliphatic rings. The number of nitrogens with zero attached hydrogens (tertiary/aromatic N) is 2. The van der Waals surface area contributed by atoms with Gasteiger partial charge in [-0.15, -0.1) is 24.8 Å². The lowest BCUT2D eigenvalue weighted by molar-refractivity contribution is -0.120. The van der Waals surface area contributed by atoms with E-state index in [0.717, 1.165) is 36.3 Å². The summed E-state index contributed by atoms with van der Waals surface area (Å²) in [5.74, 6) is 1.33. The number of hydrogen-bond donors (Lipinski definition) is 2. The van der Waals surface area contributed by atoms with Gasteiger partial charge in [-0.1, -0.05) is 18.6 Å². The van der Waals surface area contributed by atoms with Gasteiger partial charge in [0, 0.05) is 36.6 Å². The molecule has 0 bridgehead atoms. The summed E-state index contributed by atoms with van der Waals surface area (Å²) in [6.07, 6.45) is 6.76. The Morgan fingerprint density at radius 3 is 2.83 bits per heavy atom. The maximum absolute atomic E-state index is 12.5. The van der Waals surface area contributed by atoms with E-state index < -0.39 is 0 Å². The molecule has 1 aliphatic carbocycles. The van der Waals surface area contributed by atoms with Crippen molar-refractivity contribution in [3.63, 3.8) is 0 Å². The predicted octanol–water partition coefficient (Wildman–Crippen LogP) is 3.24. The number of hydrogen-bond acceptors (Lipinski definition) is 3. The van der Waals surface area contributed by atoms with Crippen LogP contribution in [0.25, 0.3) is 11.4 Å². The molecule has 1 amide bonds. The van der Waals surface area contributed by atoms with Crippen molar-refractivity contribution >= 4 is 36.4 Å². The molecule has 0 spiro atoms. The third-order valence-corrected chi connectivity index (χ3v) is 4.51. The highest BCUT2D eigenvalue weighted by atomic mass is 35.5. The minimum absolute atomic E-state index is 0. The van der Waals surface area contributed by atoms with Gasteiger partial charge >= 0.3 is 0 Å². The monoisotopic (exact) mass is 370 g/mol. The summed E-state index contributed by atoms with van der Waals surface area (Å²) < 4.78 is 1.96. The normalized spacial score (nSPS) is 19.2. The van der Waals surface area contributed by atoms with E-state index in [0.29, 0.717) is 12.5 Å². The number of carbonyl (C=O) groups is 1. The quantitative estimate of drug-likeness (QED) is 0.867. The van der Waals surface area contributed by atoms with Crippen molar-refractivity contribution in [2.75, 3.05) is 11.9 Å². The molecule has 1 aromatic heterocycles. The minimum Gasteiger partial charge on any atom is -0.334 e. The smallest absolute Gasteiger partial charge is 0.227 e. The van der Waals surface area contributed by atoms with Crippen LogP contribution in [0.3, 0.4) is 0 Å². The van der Waals surface area contributed by atoms with E-state index >= 15 is 0 Å². The first-order chi connectivity index (χ1) is 10.7. The lowest BCUT2D eigenvalue weighted by Crippen LogP contribution is -2.29. The first-order valence-corrected chi connectivity index (χ1v) is 7.77. The van der Waals surface area contributed by atoms with Crippen LogP contribution >= 0.6 is 24.8 Å². The highest BCUT2D eigenvalue weighted by Crippen LogP contribution is 2.32. The Kier molecular flexibility index (Phi) is 7.73. The van der Waals surface area contributed by atoms with Gasteiger partial charge in [0.25, 0.3) is 0 Å². The Labute approximate surface area is 154 Å². The summed E-state index contributed by atoms with van der Waals surface area (Å²) in [6, 6.07) is 7.81. The second-order valence-corrected chi connectivity index (χ2v) is 5.96. The number of amides is 1. The molecule has 3 rings (SSSR count). The van der Waals surface area contributed by atoms with Crippen molar-refractivity contribution in [3.8, 4) is 11.4 Å². The standard InChI is InChI=1S/C17H22N4O.2ClH/c1-21-9-8-19-16(21)12-4-2-6-14(10-12)20-17(22)15-7-3-5-13(15)11-18;;/h2,4,6,8-10,13,15H,3,5,7,11,18H2,1H3,(H,20,22);2*1H/t13-,15-;;/m1../s1. The fourth-order valence-corrected chi connectivity index (χ4v) is 3.28. The van der Waals surface area contributed by atoms with Crippen LogP contribution in [0.5, 0.6) is 0 Å². The van der Waals surface area contributed by atoms with Gasteiger partial charge in [-0.3, -0.25) is 4.79 Å². The maximum Gasteiger partial charge on any atom is 0.227 e. The number of imidazole rings is 1. The molecule has 1 aromatic carbocycles. The van der Waals surface area contributed by atoms with Gasteiger partial charge in [0.05, 0.1) is 0 Å². The Morgan fingerprint density at radius 2 is 2.17 bits per heavy atom. The summed E-state index contributed by atoms with van der Waals surface area (Å²) >= 11 is 0. The second-order valence-electron chi connectivity index (χ2n) is 5.96. The fourth-order valence-electron chi connectivity index (χ4n) is 3.28. The lowest BCUT2D eigenvalue weighted by atomic mass is 9.95. The number of nitrogens with one attached hydrogen (secondary N) is 1. The van der Waals surface area contributed by atoms with Gasteiger partial charge in [0.1, 0.15) is 5.82 Å². The van der Waals surface area contributed by atoms with E-state index in [1.54, 1.807) is 6.20 Å². The molecule has 1 fully saturated rings.